The summed E-state index contributed by atoms with van der Waals surface area (Å²) in [4.78, 5) is 19.3. The number of nitrogens with one attached hydrogen (secondary N) is 1. The molecule has 1 N–H and O–H groups in total. The third-order valence-corrected chi connectivity index (χ3v) is 3.89. The number of benzene rings is 1. The van der Waals surface area contributed by atoms with Gasteiger partial charge in [0.2, 0.25) is 0 Å². The first-order chi connectivity index (χ1) is 9.18. The zero-order chi connectivity index (χ0) is 15.1. The molecule has 20 heavy (non-hydrogen) atoms. The number of hydrogen-bond donors (Lipinski definition) is 1. The van der Waals surface area contributed by atoms with Crippen molar-refractivity contribution in [2.75, 3.05) is 0 Å². The van der Waals surface area contributed by atoms with Crippen LogP contribution in [-0.4, -0.2) is 9.97 Å². The molecule has 1 aromatic heterocycles. The summed E-state index contributed by atoms with van der Waals surface area (Å²) in [6, 6.07) is 4.63. The van der Waals surface area contributed by atoms with E-state index < -0.39 is 0 Å². The number of aryl methyl sites for hydroxylation is 1. The lowest BCUT2D eigenvalue weighted by atomic mass is 9.92. The highest BCUT2D eigenvalue weighted by Gasteiger charge is 2.22. The third kappa shape index (κ3) is 3.08. The predicted molar refractivity (Wildman–Crippen MR) is 86.4 cm³/mol. The van der Waals surface area contributed by atoms with Crippen molar-refractivity contribution >= 4 is 22.6 Å². The van der Waals surface area contributed by atoms with Crippen molar-refractivity contribution in [3.63, 3.8) is 0 Å². The normalized spacial score (nSPS) is 11.7. The molecule has 2 rings (SSSR count). The van der Waals surface area contributed by atoms with Crippen molar-refractivity contribution in [1.29, 1.82) is 0 Å². The smallest absolute Gasteiger partial charge is 0.264 e. The topological polar surface area (TPSA) is 45.8 Å². The Hall–Kier alpha value is -1.24. The fraction of sp³-hybridized carbons (Fsp3) is 0.333. The quantitative estimate of drug-likeness (QED) is 0.759. The molecule has 0 unspecified atom stereocenters. The van der Waals surface area contributed by atoms with E-state index >= 15 is 0 Å². The minimum atomic E-state index is -0.335. The minimum absolute atomic E-state index is 0.192. The number of rotatable bonds is 1. The average molecular weight is 386 g/mol. The first-order valence-corrected chi connectivity index (χ1v) is 7.34. The van der Waals surface area contributed by atoms with Crippen LogP contribution in [0.15, 0.2) is 23.0 Å². The summed E-state index contributed by atoms with van der Waals surface area (Å²) < 4.78 is 14.1. The Labute approximate surface area is 130 Å². The van der Waals surface area contributed by atoms with E-state index in [1.165, 1.54) is 12.1 Å². The molecule has 1 aromatic carbocycles. The molecular weight excluding hydrogens is 370 g/mol. The van der Waals surface area contributed by atoms with Gasteiger partial charge in [-0.05, 0) is 53.3 Å². The molecule has 2 aromatic rings. The Morgan fingerprint density at radius 3 is 2.45 bits per heavy atom. The van der Waals surface area contributed by atoms with Gasteiger partial charge in [-0.1, -0.05) is 20.8 Å². The summed E-state index contributed by atoms with van der Waals surface area (Å²) in [6.07, 6.45) is 0. The van der Waals surface area contributed by atoms with Gasteiger partial charge in [0.1, 0.15) is 15.2 Å². The van der Waals surface area contributed by atoms with Gasteiger partial charge < -0.3 is 4.98 Å². The third-order valence-electron chi connectivity index (χ3n) is 2.89. The summed E-state index contributed by atoms with van der Waals surface area (Å²) in [7, 11) is 0. The highest BCUT2D eigenvalue weighted by atomic mass is 127. The molecule has 106 valence electrons. The standard InChI is InChI=1S/C15H16FIN2O/c1-8-5-9(7-10(16)6-8)13-18-12(15(2,3)4)11(17)14(20)19-13/h5-7H,1-4H3,(H,18,19,20). The van der Waals surface area contributed by atoms with Crippen LogP contribution in [-0.2, 0) is 5.41 Å². The molecular formula is C15H16FIN2O. The zero-order valence-electron chi connectivity index (χ0n) is 11.8. The summed E-state index contributed by atoms with van der Waals surface area (Å²) >= 11 is 2.00. The van der Waals surface area contributed by atoms with Crippen molar-refractivity contribution in [2.24, 2.45) is 0 Å². The van der Waals surface area contributed by atoms with Crippen LogP contribution in [0, 0.1) is 16.3 Å². The molecule has 0 saturated carbocycles. The maximum absolute atomic E-state index is 13.5. The number of aromatic amines is 1. The van der Waals surface area contributed by atoms with Gasteiger partial charge in [-0.25, -0.2) is 9.37 Å². The maximum atomic E-state index is 13.5. The Bertz CT molecular complexity index is 697. The number of aromatic nitrogens is 2. The minimum Gasteiger partial charge on any atom is -0.306 e. The van der Waals surface area contributed by atoms with Gasteiger partial charge in [0.25, 0.3) is 5.56 Å². The highest BCUT2D eigenvalue weighted by Crippen LogP contribution is 2.25. The number of nitrogens with zero attached hydrogens (tertiary/aromatic N) is 1. The monoisotopic (exact) mass is 386 g/mol. The second kappa shape index (κ2) is 5.27. The first-order valence-electron chi connectivity index (χ1n) is 6.26. The lowest BCUT2D eigenvalue weighted by molar-refractivity contribution is 0.562. The molecule has 3 nitrogen and oxygen atoms in total. The first kappa shape index (κ1) is 15.2. The molecule has 0 fully saturated rings. The molecule has 0 saturated heterocycles. The Balaban J connectivity index is 2.70. The van der Waals surface area contributed by atoms with E-state index in [0.29, 0.717) is 15.0 Å². The van der Waals surface area contributed by atoms with E-state index in [-0.39, 0.29) is 16.8 Å². The largest absolute Gasteiger partial charge is 0.306 e. The number of hydrogen-bond acceptors (Lipinski definition) is 2. The van der Waals surface area contributed by atoms with Crippen molar-refractivity contribution < 1.29 is 4.39 Å². The van der Waals surface area contributed by atoms with Crippen molar-refractivity contribution in [2.45, 2.75) is 33.1 Å². The van der Waals surface area contributed by atoms with Crippen LogP contribution >= 0.6 is 22.6 Å². The van der Waals surface area contributed by atoms with Crippen LogP contribution in [0.4, 0.5) is 4.39 Å². The van der Waals surface area contributed by atoms with E-state index in [4.69, 9.17) is 0 Å². The van der Waals surface area contributed by atoms with Crippen molar-refractivity contribution in [3.05, 3.63) is 49.2 Å². The van der Waals surface area contributed by atoms with Crippen LogP contribution in [0.1, 0.15) is 32.0 Å². The molecule has 0 aliphatic carbocycles. The summed E-state index contributed by atoms with van der Waals surface area (Å²) in [5.41, 5.74) is 1.66. The van der Waals surface area contributed by atoms with Crippen LogP contribution in [0.25, 0.3) is 11.4 Å². The zero-order valence-corrected chi connectivity index (χ0v) is 14.0. The van der Waals surface area contributed by atoms with Gasteiger partial charge in [0, 0.05) is 11.0 Å². The second-order valence-electron chi connectivity index (χ2n) is 5.84. The molecule has 0 spiro atoms. The lowest BCUT2D eigenvalue weighted by Gasteiger charge is -2.19. The van der Waals surface area contributed by atoms with Gasteiger partial charge in [-0.2, -0.15) is 0 Å². The molecule has 0 amide bonds. The van der Waals surface area contributed by atoms with Crippen LogP contribution in [0.2, 0.25) is 0 Å². The number of halogens is 2. The highest BCUT2D eigenvalue weighted by molar-refractivity contribution is 14.1. The molecule has 0 radical (unpaired) electrons. The van der Waals surface area contributed by atoms with Gasteiger partial charge in [-0.3, -0.25) is 4.79 Å². The van der Waals surface area contributed by atoms with Crippen LogP contribution in [0.5, 0.6) is 0 Å². The summed E-state index contributed by atoms with van der Waals surface area (Å²) in [5.74, 6) is 0.0708. The van der Waals surface area contributed by atoms with Crippen molar-refractivity contribution in [1.82, 2.24) is 9.97 Å². The molecule has 0 aliphatic heterocycles. The van der Waals surface area contributed by atoms with Crippen LogP contribution in [0.3, 0.4) is 0 Å². The second-order valence-corrected chi connectivity index (χ2v) is 6.92. The fourth-order valence-electron chi connectivity index (χ4n) is 1.97. The maximum Gasteiger partial charge on any atom is 0.264 e. The number of H-pyrrole nitrogens is 1. The van der Waals surface area contributed by atoms with Crippen LogP contribution < -0.4 is 5.56 Å². The molecule has 1 heterocycles. The van der Waals surface area contributed by atoms with E-state index in [2.05, 4.69) is 9.97 Å². The lowest BCUT2D eigenvalue weighted by Crippen LogP contribution is -2.24. The molecule has 0 aliphatic rings. The molecule has 0 atom stereocenters. The van der Waals surface area contributed by atoms with E-state index in [1.807, 2.05) is 50.3 Å². The fourth-order valence-corrected chi connectivity index (χ4v) is 3.03. The summed E-state index contributed by atoms with van der Waals surface area (Å²) in [6.45, 7) is 7.80. The average Bonchev–Trinajstić information content (AvgIpc) is 2.29. The van der Waals surface area contributed by atoms with Gasteiger partial charge >= 0.3 is 0 Å². The SMILES string of the molecule is Cc1cc(F)cc(-c2nc(C(C)(C)C)c(I)c(=O)[nH]2)c1. The van der Waals surface area contributed by atoms with Gasteiger partial charge in [0.15, 0.2) is 0 Å². The van der Waals surface area contributed by atoms with Gasteiger partial charge in [-0.15, -0.1) is 0 Å². The van der Waals surface area contributed by atoms with E-state index in [1.54, 1.807) is 6.07 Å². The Morgan fingerprint density at radius 1 is 1.25 bits per heavy atom. The summed E-state index contributed by atoms with van der Waals surface area (Å²) in [5, 5.41) is 0. The van der Waals surface area contributed by atoms with E-state index in [9.17, 15) is 9.18 Å². The Morgan fingerprint density at radius 2 is 1.90 bits per heavy atom. The van der Waals surface area contributed by atoms with Crippen molar-refractivity contribution in [3.8, 4) is 11.4 Å². The van der Waals surface area contributed by atoms with Gasteiger partial charge in [0.05, 0.1) is 5.69 Å². The Kier molecular flexibility index (Phi) is 4.00. The molecule has 0 bridgehead atoms. The molecule has 5 heteroatoms. The predicted octanol–water partition coefficient (Wildman–Crippen LogP) is 3.79. The van der Waals surface area contributed by atoms with E-state index in [0.717, 1.165) is 11.3 Å².